The van der Waals surface area contributed by atoms with Crippen LogP contribution in [-0.2, 0) is 6.61 Å². The third-order valence-electron chi connectivity index (χ3n) is 3.43. The molecule has 3 aromatic rings. The van der Waals surface area contributed by atoms with Gasteiger partial charge in [0.1, 0.15) is 6.61 Å². The van der Waals surface area contributed by atoms with E-state index in [1.807, 2.05) is 30.3 Å². The van der Waals surface area contributed by atoms with Gasteiger partial charge in [-0.1, -0.05) is 23.7 Å². The Morgan fingerprint density at radius 2 is 2.15 bits per heavy atom. The second-order valence-electron chi connectivity index (χ2n) is 5.37. The first kappa shape index (κ1) is 18.4. The predicted molar refractivity (Wildman–Crippen MR) is 103 cm³/mol. The van der Waals surface area contributed by atoms with Crippen LogP contribution in [-0.4, -0.2) is 28.5 Å². The van der Waals surface area contributed by atoms with Gasteiger partial charge >= 0.3 is 5.69 Å². The van der Waals surface area contributed by atoms with Crippen LogP contribution in [0.25, 0.3) is 0 Å². The van der Waals surface area contributed by atoms with Crippen LogP contribution in [0.1, 0.15) is 11.1 Å². The van der Waals surface area contributed by atoms with Gasteiger partial charge in [-0.15, -0.1) is 0 Å². The van der Waals surface area contributed by atoms with Gasteiger partial charge in [-0.2, -0.15) is 15.2 Å². The van der Waals surface area contributed by atoms with Crippen molar-refractivity contribution in [2.45, 2.75) is 6.61 Å². The van der Waals surface area contributed by atoms with Crippen molar-refractivity contribution in [3.05, 3.63) is 75.3 Å². The summed E-state index contributed by atoms with van der Waals surface area (Å²) >= 11 is 5.98. The lowest BCUT2D eigenvalue weighted by atomic mass is 10.2. The summed E-state index contributed by atoms with van der Waals surface area (Å²) in [5.41, 5.74) is 3.80. The summed E-state index contributed by atoms with van der Waals surface area (Å²) in [7, 11) is 1.56. The summed E-state index contributed by atoms with van der Waals surface area (Å²) < 4.78 is 11.2. The third kappa shape index (κ3) is 5.29. The quantitative estimate of drug-likeness (QED) is 0.479. The molecule has 138 valence electrons. The average molecular weight is 386 g/mol. The van der Waals surface area contributed by atoms with Crippen LogP contribution in [0, 0.1) is 0 Å². The van der Waals surface area contributed by atoms with Crippen LogP contribution < -0.4 is 20.6 Å². The number of aromatic amines is 1. The summed E-state index contributed by atoms with van der Waals surface area (Å²) in [6.07, 6.45) is 2.91. The molecule has 2 N–H and O–H groups in total. The van der Waals surface area contributed by atoms with E-state index >= 15 is 0 Å². The van der Waals surface area contributed by atoms with Crippen molar-refractivity contribution in [1.82, 2.24) is 15.2 Å². The smallest absolute Gasteiger partial charge is 0.363 e. The Labute approximate surface area is 159 Å². The van der Waals surface area contributed by atoms with Crippen LogP contribution in [0.2, 0.25) is 5.02 Å². The molecule has 1 heterocycles. The third-order valence-corrected chi connectivity index (χ3v) is 3.67. The largest absolute Gasteiger partial charge is 0.493 e. The molecule has 0 aliphatic rings. The van der Waals surface area contributed by atoms with Gasteiger partial charge in [0, 0.05) is 5.02 Å². The lowest BCUT2D eigenvalue weighted by molar-refractivity contribution is 0.284. The zero-order valence-corrected chi connectivity index (χ0v) is 15.1. The SMILES string of the molecule is COc1cc(/C=N/Nc2cn[nH]c(=O)n2)ccc1OCc1cccc(Cl)c1. The van der Waals surface area contributed by atoms with Crippen molar-refractivity contribution in [2.24, 2.45) is 5.10 Å². The number of H-pyrrole nitrogens is 1. The highest BCUT2D eigenvalue weighted by Gasteiger charge is 2.06. The van der Waals surface area contributed by atoms with Gasteiger partial charge in [0.2, 0.25) is 0 Å². The van der Waals surface area contributed by atoms with Crippen LogP contribution in [0.5, 0.6) is 11.5 Å². The Morgan fingerprint density at radius 1 is 1.26 bits per heavy atom. The van der Waals surface area contributed by atoms with E-state index in [2.05, 4.69) is 25.7 Å². The first-order valence-electron chi connectivity index (χ1n) is 7.90. The Bertz CT molecular complexity index is 1010. The molecule has 0 spiro atoms. The Hall–Kier alpha value is -3.39. The molecule has 0 atom stereocenters. The van der Waals surface area contributed by atoms with Crippen molar-refractivity contribution in [2.75, 3.05) is 12.5 Å². The molecule has 0 fully saturated rings. The number of aromatic nitrogens is 3. The molecule has 2 aromatic carbocycles. The maximum Gasteiger partial charge on any atom is 0.363 e. The second-order valence-corrected chi connectivity index (χ2v) is 5.81. The van der Waals surface area contributed by atoms with Crippen LogP contribution in [0.4, 0.5) is 5.82 Å². The molecule has 0 bridgehead atoms. The minimum Gasteiger partial charge on any atom is -0.493 e. The molecule has 3 rings (SSSR count). The summed E-state index contributed by atoms with van der Waals surface area (Å²) in [5, 5.41) is 10.5. The van der Waals surface area contributed by atoms with E-state index in [-0.39, 0.29) is 5.82 Å². The molecular formula is C18H16ClN5O3. The highest BCUT2D eigenvalue weighted by molar-refractivity contribution is 6.30. The number of hydrogen-bond donors (Lipinski definition) is 2. The van der Waals surface area contributed by atoms with Crippen molar-refractivity contribution in [1.29, 1.82) is 0 Å². The molecule has 8 nitrogen and oxygen atoms in total. The number of benzene rings is 2. The van der Waals surface area contributed by atoms with Crippen LogP contribution in [0.15, 0.2) is 58.6 Å². The first-order valence-corrected chi connectivity index (χ1v) is 8.28. The zero-order chi connectivity index (χ0) is 19.1. The van der Waals surface area contributed by atoms with Gasteiger partial charge in [0.05, 0.1) is 19.5 Å². The fourth-order valence-electron chi connectivity index (χ4n) is 2.21. The maximum atomic E-state index is 11.1. The highest BCUT2D eigenvalue weighted by atomic mass is 35.5. The van der Waals surface area contributed by atoms with E-state index in [1.165, 1.54) is 6.20 Å². The van der Waals surface area contributed by atoms with E-state index in [1.54, 1.807) is 25.5 Å². The standard InChI is InChI=1S/C18H16ClN5O3/c1-26-16-8-12(9-20-23-17-10-21-24-18(25)22-17)5-6-15(16)27-11-13-3-2-4-14(19)7-13/h2-10H,11H2,1H3,(H2,22,23,24,25)/b20-9+. The van der Waals surface area contributed by atoms with E-state index in [9.17, 15) is 4.79 Å². The fraction of sp³-hybridized carbons (Fsp3) is 0.111. The Balaban J connectivity index is 1.66. The number of ether oxygens (including phenoxy) is 2. The number of hydrogen-bond acceptors (Lipinski definition) is 7. The van der Waals surface area contributed by atoms with Gasteiger partial charge in [0.15, 0.2) is 17.3 Å². The summed E-state index contributed by atoms with van der Waals surface area (Å²) in [6, 6.07) is 12.9. The normalized spacial score (nSPS) is 10.7. The van der Waals surface area contributed by atoms with E-state index < -0.39 is 5.69 Å². The summed E-state index contributed by atoms with van der Waals surface area (Å²) in [5.74, 6) is 1.41. The second kappa shape index (κ2) is 8.81. The van der Waals surface area contributed by atoms with Crippen molar-refractivity contribution in [3.63, 3.8) is 0 Å². The molecule has 0 radical (unpaired) electrons. The van der Waals surface area contributed by atoms with Crippen molar-refractivity contribution < 1.29 is 9.47 Å². The van der Waals surface area contributed by atoms with E-state index in [0.29, 0.717) is 23.1 Å². The van der Waals surface area contributed by atoms with Crippen LogP contribution in [0.3, 0.4) is 0 Å². The van der Waals surface area contributed by atoms with E-state index in [0.717, 1.165) is 11.1 Å². The number of nitrogens with zero attached hydrogens (tertiary/aromatic N) is 3. The van der Waals surface area contributed by atoms with Gasteiger partial charge < -0.3 is 9.47 Å². The molecule has 27 heavy (non-hydrogen) atoms. The van der Waals surface area contributed by atoms with Gasteiger partial charge in [-0.05, 0) is 41.5 Å². The monoisotopic (exact) mass is 385 g/mol. The number of halogens is 1. The minimum absolute atomic E-state index is 0.239. The molecule has 0 saturated carbocycles. The molecule has 1 aromatic heterocycles. The highest BCUT2D eigenvalue weighted by Crippen LogP contribution is 2.28. The van der Waals surface area contributed by atoms with E-state index in [4.69, 9.17) is 21.1 Å². The minimum atomic E-state index is -0.557. The number of nitrogens with one attached hydrogen (secondary N) is 2. The topological polar surface area (TPSA) is 101 Å². The van der Waals surface area contributed by atoms with Crippen LogP contribution >= 0.6 is 11.6 Å². The molecule has 9 heteroatoms. The Kier molecular flexibility index (Phi) is 6.01. The van der Waals surface area contributed by atoms with Gasteiger partial charge in [-0.25, -0.2) is 9.89 Å². The average Bonchev–Trinajstić information content (AvgIpc) is 2.67. The first-order chi connectivity index (χ1) is 13.1. The van der Waals surface area contributed by atoms with Crippen molar-refractivity contribution in [3.8, 4) is 11.5 Å². The number of methoxy groups -OCH3 is 1. The molecular weight excluding hydrogens is 370 g/mol. The number of anilines is 1. The predicted octanol–water partition coefficient (Wildman–Crippen LogP) is 2.85. The lowest BCUT2D eigenvalue weighted by Gasteiger charge is -2.11. The molecule has 0 aliphatic heterocycles. The number of rotatable bonds is 7. The summed E-state index contributed by atoms with van der Waals surface area (Å²) in [6.45, 7) is 0.368. The van der Waals surface area contributed by atoms with Gasteiger partial charge in [0.25, 0.3) is 0 Å². The lowest BCUT2D eigenvalue weighted by Crippen LogP contribution is -2.13. The van der Waals surface area contributed by atoms with Gasteiger partial charge in [-0.3, -0.25) is 5.43 Å². The Morgan fingerprint density at radius 3 is 2.93 bits per heavy atom. The molecule has 0 aliphatic carbocycles. The molecule has 0 saturated heterocycles. The fourth-order valence-corrected chi connectivity index (χ4v) is 2.42. The molecule has 0 amide bonds. The van der Waals surface area contributed by atoms with Crippen molar-refractivity contribution >= 4 is 23.6 Å². The summed E-state index contributed by atoms with van der Waals surface area (Å²) in [4.78, 5) is 14.7. The zero-order valence-electron chi connectivity index (χ0n) is 14.3. The maximum absolute atomic E-state index is 11.1. The molecule has 0 unspecified atom stereocenters. The number of hydrazone groups is 1.